The maximum Gasteiger partial charge on any atom is 0.329 e. The Morgan fingerprint density at radius 2 is 2.00 bits per heavy atom. The lowest BCUT2D eigenvalue weighted by molar-refractivity contribution is 0.0143. The molecule has 0 atom stereocenters. The second-order valence-corrected chi connectivity index (χ2v) is 5.47. The zero-order valence-electron chi connectivity index (χ0n) is 16.8. The number of carbonyl (C=O) groups excluding carboxylic acids is 1. The molecule has 0 aliphatic rings. The van der Waals surface area contributed by atoms with Gasteiger partial charge in [-0.2, -0.15) is 0 Å². The van der Waals surface area contributed by atoms with Gasteiger partial charge >= 0.3 is 5.69 Å². The van der Waals surface area contributed by atoms with Crippen molar-refractivity contribution in [1.82, 2.24) is 15.0 Å². The second-order valence-electron chi connectivity index (χ2n) is 5.47. The van der Waals surface area contributed by atoms with Gasteiger partial charge in [0.05, 0.1) is 11.9 Å². The van der Waals surface area contributed by atoms with E-state index >= 15 is 0 Å². The number of hydrogen-bond acceptors (Lipinski definition) is 6. The van der Waals surface area contributed by atoms with E-state index in [-0.39, 0.29) is 24.7 Å². The predicted octanol–water partition coefficient (Wildman–Crippen LogP) is 2.11. The van der Waals surface area contributed by atoms with Crippen LogP contribution in [0.25, 0.3) is 0 Å². The molecule has 0 bridgehead atoms. The van der Waals surface area contributed by atoms with Crippen LogP contribution in [0.4, 0.5) is 15.9 Å². The first-order chi connectivity index (χ1) is 13.8. The Hall–Kier alpha value is -3.40. The molecule has 1 aromatic carbocycles. The van der Waals surface area contributed by atoms with Crippen LogP contribution in [0.15, 0.2) is 40.6 Å². The normalized spacial score (nSPS) is 9.83. The molecule has 1 amide bonds. The number of hydrogen-bond donors (Lipinski definition) is 3. The van der Waals surface area contributed by atoms with Gasteiger partial charge in [-0.3, -0.25) is 24.0 Å². The summed E-state index contributed by atoms with van der Waals surface area (Å²) in [5, 5.41) is 2.57. The number of ether oxygens (including phenoxy) is 1. The van der Waals surface area contributed by atoms with Crippen molar-refractivity contribution in [2.24, 2.45) is 7.05 Å². The maximum absolute atomic E-state index is 14.1. The minimum Gasteiger partial charge on any atom is -0.499 e. The van der Waals surface area contributed by atoms with E-state index in [0.29, 0.717) is 10.1 Å². The van der Waals surface area contributed by atoms with Crippen molar-refractivity contribution >= 4 is 17.4 Å². The molecule has 2 rings (SSSR count). The van der Waals surface area contributed by atoms with E-state index in [4.69, 9.17) is 9.57 Å². The van der Waals surface area contributed by atoms with Crippen LogP contribution < -0.4 is 22.0 Å². The zero-order chi connectivity index (χ0) is 22.0. The van der Waals surface area contributed by atoms with Crippen molar-refractivity contribution in [3.8, 4) is 0 Å². The number of aromatic nitrogens is 2. The monoisotopic (exact) mass is 408 g/mol. The van der Waals surface area contributed by atoms with E-state index in [0.717, 1.165) is 0 Å². The summed E-state index contributed by atoms with van der Waals surface area (Å²) in [6.07, 6.45) is 1.21. The Morgan fingerprint density at radius 1 is 1.31 bits per heavy atom. The third kappa shape index (κ3) is 6.32. The van der Waals surface area contributed by atoms with Crippen molar-refractivity contribution in [3.63, 3.8) is 0 Å². The number of anilines is 2. The molecule has 0 saturated heterocycles. The molecule has 0 saturated carbocycles. The Kier molecular flexibility index (Phi) is 9.33. The molecule has 1 heterocycles. The highest BCUT2D eigenvalue weighted by atomic mass is 19.1. The van der Waals surface area contributed by atoms with Crippen molar-refractivity contribution in [2.75, 3.05) is 18.5 Å². The highest BCUT2D eigenvalue weighted by molar-refractivity contribution is 5.98. The summed E-state index contributed by atoms with van der Waals surface area (Å²) >= 11 is 0. The number of hydroxylamine groups is 1. The number of H-pyrrole nitrogens is 1. The number of aromatic amines is 1. The van der Waals surface area contributed by atoms with Gasteiger partial charge in [-0.1, -0.05) is 26.5 Å². The largest absolute Gasteiger partial charge is 0.499 e. The smallest absolute Gasteiger partial charge is 0.329 e. The number of benzene rings is 1. The Labute approximate surface area is 167 Å². The number of amides is 1. The molecule has 0 radical (unpaired) electrons. The molecular weight excluding hydrogens is 383 g/mol. The van der Waals surface area contributed by atoms with Crippen LogP contribution >= 0.6 is 0 Å². The summed E-state index contributed by atoms with van der Waals surface area (Å²) in [6.45, 7) is 9.19. The van der Waals surface area contributed by atoms with Crippen molar-refractivity contribution < 1.29 is 18.8 Å². The minimum absolute atomic E-state index is 0.00319. The molecule has 29 heavy (non-hydrogen) atoms. The van der Waals surface area contributed by atoms with Gasteiger partial charge in [-0.25, -0.2) is 14.7 Å². The third-order valence-electron chi connectivity index (χ3n) is 3.50. The predicted molar refractivity (Wildman–Crippen MR) is 108 cm³/mol. The van der Waals surface area contributed by atoms with Crippen LogP contribution in [0, 0.1) is 12.7 Å². The fraction of sp³-hybridized carbons (Fsp3) is 0.316. The first-order valence-electron chi connectivity index (χ1n) is 8.86. The summed E-state index contributed by atoms with van der Waals surface area (Å²) in [5.74, 6) is -1.78. The Bertz CT molecular complexity index is 968. The van der Waals surface area contributed by atoms with Crippen LogP contribution in [0.5, 0.6) is 0 Å². The second kappa shape index (κ2) is 11.4. The standard InChI is InChI=1S/C17H19FN4O5.C2H6/c1-4-26-7-8-27-21-15(23)13-14(20-17(25)22(3)16(13)24)19-12-6-5-10(2)9-11(12)18;1-2/h4-6,9,19H,1,7-8H2,2-3H3,(H,20,25)(H,21,23);1-2H3. The fourth-order valence-corrected chi connectivity index (χ4v) is 2.12. The van der Waals surface area contributed by atoms with Crippen LogP contribution in [0.1, 0.15) is 29.8 Å². The number of carbonyl (C=O) groups is 1. The number of halogens is 1. The SMILES string of the molecule is C=COCCONC(=O)c1c(Nc2ccc(C)cc2F)[nH]c(=O)n(C)c1=O.CC. The van der Waals surface area contributed by atoms with Gasteiger partial charge < -0.3 is 10.1 Å². The maximum atomic E-state index is 14.1. The van der Waals surface area contributed by atoms with Crippen LogP contribution in [-0.2, 0) is 16.6 Å². The molecule has 10 heteroatoms. The zero-order valence-corrected chi connectivity index (χ0v) is 16.8. The van der Waals surface area contributed by atoms with E-state index in [1.165, 1.54) is 25.4 Å². The summed E-state index contributed by atoms with van der Waals surface area (Å²) in [4.78, 5) is 43.8. The van der Waals surface area contributed by atoms with Gasteiger partial charge in [0.25, 0.3) is 11.5 Å². The van der Waals surface area contributed by atoms with Crippen LogP contribution in [-0.4, -0.2) is 28.7 Å². The lowest BCUT2D eigenvalue weighted by Gasteiger charge is -2.13. The molecule has 9 nitrogen and oxygen atoms in total. The van der Waals surface area contributed by atoms with E-state index in [2.05, 4.69) is 22.4 Å². The van der Waals surface area contributed by atoms with Crippen molar-refractivity contribution in [2.45, 2.75) is 20.8 Å². The minimum atomic E-state index is -0.916. The Balaban J connectivity index is 0.00000204. The molecule has 0 spiro atoms. The van der Waals surface area contributed by atoms with Crippen molar-refractivity contribution in [1.29, 1.82) is 0 Å². The lowest BCUT2D eigenvalue weighted by atomic mass is 10.2. The fourth-order valence-electron chi connectivity index (χ4n) is 2.12. The third-order valence-corrected chi connectivity index (χ3v) is 3.50. The van der Waals surface area contributed by atoms with E-state index in [9.17, 15) is 18.8 Å². The lowest BCUT2D eigenvalue weighted by Crippen LogP contribution is -2.40. The molecule has 158 valence electrons. The molecule has 0 aliphatic carbocycles. The quantitative estimate of drug-likeness (QED) is 0.350. The van der Waals surface area contributed by atoms with Gasteiger partial charge in [-0.05, 0) is 24.6 Å². The van der Waals surface area contributed by atoms with E-state index in [1.807, 2.05) is 13.8 Å². The van der Waals surface area contributed by atoms with E-state index < -0.39 is 28.5 Å². The summed E-state index contributed by atoms with van der Waals surface area (Å²) in [5.41, 5.74) is 0.650. The van der Waals surface area contributed by atoms with Crippen LogP contribution in [0.2, 0.25) is 0 Å². The average molecular weight is 408 g/mol. The van der Waals surface area contributed by atoms with Gasteiger partial charge in [0.2, 0.25) is 0 Å². The molecule has 0 aliphatic heterocycles. The van der Waals surface area contributed by atoms with Gasteiger partial charge in [0.15, 0.2) is 0 Å². The number of rotatable bonds is 8. The highest BCUT2D eigenvalue weighted by Gasteiger charge is 2.21. The molecule has 3 N–H and O–H groups in total. The molecule has 0 unspecified atom stereocenters. The first kappa shape index (κ1) is 23.6. The number of nitrogens with zero attached hydrogens (tertiary/aromatic N) is 1. The molecule has 0 fully saturated rings. The summed E-state index contributed by atoms with van der Waals surface area (Å²) in [6, 6.07) is 4.32. The topological polar surface area (TPSA) is 114 Å². The molecule has 1 aromatic heterocycles. The van der Waals surface area contributed by atoms with Crippen molar-refractivity contribution in [3.05, 3.63) is 68.8 Å². The number of nitrogens with one attached hydrogen (secondary N) is 3. The van der Waals surface area contributed by atoms with E-state index in [1.54, 1.807) is 13.0 Å². The summed E-state index contributed by atoms with van der Waals surface area (Å²) in [7, 11) is 1.20. The molecular formula is C19H25FN4O5. The van der Waals surface area contributed by atoms with Gasteiger partial charge in [0, 0.05) is 7.05 Å². The number of aryl methyl sites for hydroxylation is 1. The van der Waals surface area contributed by atoms with Gasteiger partial charge in [0.1, 0.15) is 30.4 Å². The molecule has 2 aromatic rings. The van der Waals surface area contributed by atoms with Crippen LogP contribution in [0.3, 0.4) is 0 Å². The van der Waals surface area contributed by atoms with Gasteiger partial charge in [-0.15, -0.1) is 0 Å². The first-order valence-corrected chi connectivity index (χ1v) is 8.86. The Morgan fingerprint density at radius 3 is 2.62 bits per heavy atom. The average Bonchev–Trinajstić information content (AvgIpc) is 2.69. The summed E-state index contributed by atoms with van der Waals surface area (Å²) < 4.78 is 19.6. The highest BCUT2D eigenvalue weighted by Crippen LogP contribution is 2.20.